The molecule has 9 heteroatoms. The number of carbonyl (C=O) groups is 2. The number of halogens is 2. The van der Waals surface area contributed by atoms with Crippen LogP contribution in [0.4, 0.5) is 4.39 Å². The molecule has 2 N–H and O–H groups in total. The number of likely N-dealkylation sites (N-methyl/N-ethyl adjacent to an activating group) is 1. The SMILES string of the molecule is CNC(=O)C(NC(=O)c1nc(-c2cc(F)cc(Cl)c2)n2c1CN(C)CCC2)C(C)(C)C. The molecular weight excluding hydrogens is 421 g/mol. The maximum Gasteiger partial charge on any atom is 0.272 e. The molecule has 3 rings (SSSR count). The Labute approximate surface area is 187 Å². The molecular formula is C22H29ClFN5O2. The van der Waals surface area contributed by atoms with Gasteiger partial charge in [0, 0.05) is 30.7 Å². The quantitative estimate of drug-likeness (QED) is 0.751. The maximum atomic E-state index is 14.0. The molecule has 2 aromatic rings. The lowest BCUT2D eigenvalue weighted by atomic mass is 9.86. The standard InChI is InChI=1S/C22H29ClFN5O2/c1-22(2,3)18(21(31)25-4)27-20(30)17-16-12-28(5)7-6-8-29(16)19(26-17)13-9-14(23)11-15(24)10-13/h9-11,18H,6-8,12H2,1-5H3,(H,25,31)(H,27,30). The third-order valence-electron chi connectivity index (χ3n) is 5.40. The second-order valence-electron chi connectivity index (χ2n) is 9.02. The number of rotatable bonds is 4. The summed E-state index contributed by atoms with van der Waals surface area (Å²) in [6.45, 7) is 7.66. The number of imidazole rings is 1. The number of fused-ring (bicyclic) bond motifs is 1. The number of aromatic nitrogens is 2. The number of amides is 2. The monoisotopic (exact) mass is 449 g/mol. The van der Waals surface area contributed by atoms with Gasteiger partial charge in [-0.15, -0.1) is 0 Å². The summed E-state index contributed by atoms with van der Waals surface area (Å²) < 4.78 is 16.0. The Morgan fingerprint density at radius 2 is 1.94 bits per heavy atom. The van der Waals surface area contributed by atoms with E-state index in [0.717, 1.165) is 18.7 Å². The summed E-state index contributed by atoms with van der Waals surface area (Å²) in [6.07, 6.45) is 0.861. The normalized spacial score (nSPS) is 15.7. The third-order valence-corrected chi connectivity index (χ3v) is 5.62. The molecule has 168 valence electrons. The molecule has 0 saturated carbocycles. The topological polar surface area (TPSA) is 79.3 Å². The van der Waals surface area contributed by atoms with E-state index in [2.05, 4.69) is 20.5 Å². The van der Waals surface area contributed by atoms with Crippen molar-refractivity contribution in [2.75, 3.05) is 20.6 Å². The van der Waals surface area contributed by atoms with Crippen molar-refractivity contribution in [1.29, 1.82) is 0 Å². The number of nitrogens with one attached hydrogen (secondary N) is 2. The van der Waals surface area contributed by atoms with Crippen molar-refractivity contribution >= 4 is 23.4 Å². The molecule has 1 aliphatic heterocycles. The molecule has 2 heterocycles. The molecule has 0 saturated heterocycles. The molecule has 0 radical (unpaired) electrons. The number of nitrogens with zero attached hydrogens (tertiary/aromatic N) is 3. The van der Waals surface area contributed by atoms with Gasteiger partial charge in [0.05, 0.1) is 5.69 Å². The van der Waals surface area contributed by atoms with Gasteiger partial charge in [0.2, 0.25) is 5.91 Å². The van der Waals surface area contributed by atoms with Gasteiger partial charge in [0.25, 0.3) is 5.91 Å². The van der Waals surface area contributed by atoms with Crippen molar-refractivity contribution in [3.63, 3.8) is 0 Å². The van der Waals surface area contributed by atoms with Gasteiger partial charge >= 0.3 is 0 Å². The van der Waals surface area contributed by atoms with E-state index in [4.69, 9.17) is 11.6 Å². The Morgan fingerprint density at radius 1 is 1.23 bits per heavy atom. The van der Waals surface area contributed by atoms with E-state index < -0.39 is 23.2 Å². The van der Waals surface area contributed by atoms with Crippen molar-refractivity contribution in [2.45, 2.75) is 46.3 Å². The van der Waals surface area contributed by atoms with Crippen LogP contribution >= 0.6 is 11.6 Å². The van der Waals surface area contributed by atoms with Crippen LogP contribution in [-0.2, 0) is 17.9 Å². The van der Waals surface area contributed by atoms with Crippen molar-refractivity contribution < 1.29 is 14.0 Å². The highest BCUT2D eigenvalue weighted by Gasteiger charge is 2.34. The number of hydrogen-bond donors (Lipinski definition) is 2. The first kappa shape index (κ1) is 23.2. The fraction of sp³-hybridized carbons (Fsp3) is 0.500. The summed E-state index contributed by atoms with van der Waals surface area (Å²) in [5, 5.41) is 5.72. The van der Waals surface area contributed by atoms with Crippen LogP contribution in [0.1, 0.15) is 43.4 Å². The van der Waals surface area contributed by atoms with Gasteiger partial charge in [-0.05, 0) is 43.6 Å². The van der Waals surface area contributed by atoms with Gasteiger partial charge in [-0.1, -0.05) is 32.4 Å². The first-order chi connectivity index (χ1) is 14.5. The molecule has 0 spiro atoms. The van der Waals surface area contributed by atoms with Crippen molar-refractivity contribution in [1.82, 2.24) is 25.1 Å². The molecule has 0 bridgehead atoms. The highest BCUT2D eigenvalue weighted by molar-refractivity contribution is 6.30. The molecule has 1 unspecified atom stereocenters. The predicted octanol–water partition coefficient (Wildman–Crippen LogP) is 3.07. The summed E-state index contributed by atoms with van der Waals surface area (Å²) in [4.78, 5) is 32.4. The average Bonchev–Trinajstić information content (AvgIpc) is 2.90. The Kier molecular flexibility index (Phi) is 6.71. The lowest BCUT2D eigenvalue weighted by molar-refractivity contribution is -0.124. The van der Waals surface area contributed by atoms with E-state index in [1.165, 1.54) is 19.2 Å². The molecule has 1 atom stereocenters. The molecule has 1 aliphatic rings. The minimum atomic E-state index is -0.738. The molecule has 1 aromatic heterocycles. The second-order valence-corrected chi connectivity index (χ2v) is 9.45. The Hall–Kier alpha value is -2.45. The molecule has 0 fully saturated rings. The van der Waals surface area contributed by atoms with E-state index in [0.29, 0.717) is 24.5 Å². The van der Waals surface area contributed by atoms with Gasteiger partial charge in [-0.25, -0.2) is 9.37 Å². The fourth-order valence-corrected chi connectivity index (χ4v) is 4.05. The van der Waals surface area contributed by atoms with E-state index >= 15 is 0 Å². The minimum absolute atomic E-state index is 0.238. The Bertz CT molecular complexity index is 978. The number of carbonyl (C=O) groups excluding carboxylic acids is 2. The largest absolute Gasteiger partial charge is 0.357 e. The maximum absolute atomic E-state index is 14.0. The molecule has 7 nitrogen and oxygen atoms in total. The summed E-state index contributed by atoms with van der Waals surface area (Å²) in [6, 6.07) is 3.49. The van der Waals surface area contributed by atoms with Crippen LogP contribution in [0.25, 0.3) is 11.4 Å². The fourth-order valence-electron chi connectivity index (χ4n) is 3.83. The molecule has 31 heavy (non-hydrogen) atoms. The predicted molar refractivity (Wildman–Crippen MR) is 118 cm³/mol. The first-order valence-electron chi connectivity index (χ1n) is 10.3. The molecule has 2 amide bonds. The van der Waals surface area contributed by atoms with Crippen LogP contribution < -0.4 is 10.6 Å². The number of benzene rings is 1. The zero-order chi connectivity index (χ0) is 22.9. The number of hydrogen-bond acceptors (Lipinski definition) is 4. The van der Waals surface area contributed by atoms with Crippen LogP contribution in [0, 0.1) is 11.2 Å². The van der Waals surface area contributed by atoms with Gasteiger partial charge < -0.3 is 20.1 Å². The van der Waals surface area contributed by atoms with E-state index in [1.54, 1.807) is 6.07 Å². The van der Waals surface area contributed by atoms with Crippen LogP contribution in [0.3, 0.4) is 0 Å². The van der Waals surface area contributed by atoms with Gasteiger partial charge in [-0.2, -0.15) is 0 Å². The summed E-state index contributed by atoms with van der Waals surface area (Å²) in [7, 11) is 3.52. The third kappa shape index (κ3) is 5.07. The lowest BCUT2D eigenvalue weighted by Gasteiger charge is -2.29. The van der Waals surface area contributed by atoms with Crippen molar-refractivity contribution in [2.24, 2.45) is 5.41 Å². The second kappa shape index (κ2) is 8.96. The van der Waals surface area contributed by atoms with Crippen LogP contribution in [-0.4, -0.2) is 52.9 Å². The highest BCUT2D eigenvalue weighted by atomic mass is 35.5. The van der Waals surface area contributed by atoms with E-state index in [9.17, 15) is 14.0 Å². The van der Waals surface area contributed by atoms with Crippen LogP contribution in [0.5, 0.6) is 0 Å². The Morgan fingerprint density at radius 3 is 2.55 bits per heavy atom. The lowest BCUT2D eigenvalue weighted by Crippen LogP contribution is -2.53. The first-order valence-corrected chi connectivity index (χ1v) is 10.7. The summed E-state index contributed by atoms with van der Waals surface area (Å²) in [5.41, 5.74) is 0.982. The highest BCUT2D eigenvalue weighted by Crippen LogP contribution is 2.29. The average molecular weight is 450 g/mol. The minimum Gasteiger partial charge on any atom is -0.357 e. The molecule has 0 aliphatic carbocycles. The smallest absolute Gasteiger partial charge is 0.272 e. The van der Waals surface area contributed by atoms with E-state index in [1.807, 2.05) is 32.4 Å². The van der Waals surface area contributed by atoms with Crippen LogP contribution in [0.2, 0.25) is 5.02 Å². The van der Waals surface area contributed by atoms with Gasteiger partial charge in [-0.3, -0.25) is 9.59 Å². The van der Waals surface area contributed by atoms with E-state index in [-0.39, 0.29) is 16.6 Å². The zero-order valence-electron chi connectivity index (χ0n) is 18.6. The summed E-state index contributed by atoms with van der Waals surface area (Å²) >= 11 is 6.07. The van der Waals surface area contributed by atoms with Crippen LogP contribution in [0.15, 0.2) is 18.2 Å². The van der Waals surface area contributed by atoms with Gasteiger partial charge in [0.1, 0.15) is 17.7 Å². The zero-order valence-corrected chi connectivity index (χ0v) is 19.3. The van der Waals surface area contributed by atoms with Crippen molar-refractivity contribution in [3.8, 4) is 11.4 Å². The van der Waals surface area contributed by atoms with Crippen molar-refractivity contribution in [3.05, 3.63) is 40.4 Å². The Balaban J connectivity index is 2.08. The van der Waals surface area contributed by atoms with Gasteiger partial charge in [0.15, 0.2) is 5.69 Å². The summed E-state index contributed by atoms with van der Waals surface area (Å²) in [5.74, 6) is -0.690. The molecule has 1 aromatic carbocycles.